The van der Waals surface area contributed by atoms with Gasteiger partial charge in [-0.05, 0) is 98.3 Å². The normalized spacial score (nSPS) is 19.7. The maximum atomic E-state index is 13.4. The van der Waals surface area contributed by atoms with Crippen LogP contribution in [0.4, 0.5) is 11.4 Å². The molecular weight excluding hydrogens is 670 g/mol. The molecule has 0 bridgehead atoms. The van der Waals surface area contributed by atoms with Crippen molar-refractivity contribution in [1.29, 1.82) is 5.26 Å². The van der Waals surface area contributed by atoms with Gasteiger partial charge in [0.25, 0.3) is 17.7 Å². The number of carbonyl (C=O) groups excluding carboxylic acids is 5. The summed E-state index contributed by atoms with van der Waals surface area (Å²) in [6, 6.07) is 18.0. The molecule has 13 heteroatoms. The van der Waals surface area contributed by atoms with Crippen LogP contribution in [0.5, 0.6) is 0 Å². The van der Waals surface area contributed by atoms with Crippen molar-refractivity contribution >= 4 is 52.5 Å². The topological polar surface area (TPSA) is 155 Å². The SMILES string of the molecule is C[C@@H](CCNc1ccc(C(=O)N2CCC(N3Cc4cc5c(cc4C3)C(=O)N(C3CCC(=O)NC3=O)C5=O)CC2)cc1)Nc1ccc(C#N)c(Cl)c1. The van der Waals surface area contributed by atoms with Gasteiger partial charge in [-0.15, -0.1) is 0 Å². The third-order valence-corrected chi connectivity index (χ3v) is 10.6. The van der Waals surface area contributed by atoms with E-state index in [-0.39, 0.29) is 30.8 Å². The number of likely N-dealkylation sites (tertiary alicyclic amines) is 1. The van der Waals surface area contributed by atoms with Gasteiger partial charge in [0.2, 0.25) is 11.8 Å². The smallest absolute Gasteiger partial charge is 0.262 e. The highest BCUT2D eigenvalue weighted by atomic mass is 35.5. The fourth-order valence-corrected chi connectivity index (χ4v) is 7.71. The molecule has 2 saturated heterocycles. The Labute approximate surface area is 300 Å². The lowest BCUT2D eigenvalue weighted by Crippen LogP contribution is -2.54. The lowest BCUT2D eigenvalue weighted by molar-refractivity contribution is -0.136. The van der Waals surface area contributed by atoms with Crippen LogP contribution in [0, 0.1) is 11.3 Å². The summed E-state index contributed by atoms with van der Waals surface area (Å²) in [6.45, 7) is 5.38. The number of carbonyl (C=O) groups is 5. The minimum Gasteiger partial charge on any atom is -0.385 e. The molecule has 2 fully saturated rings. The van der Waals surface area contributed by atoms with Crippen LogP contribution in [0.15, 0.2) is 54.6 Å². The molecule has 4 aliphatic heterocycles. The highest BCUT2D eigenvalue weighted by Crippen LogP contribution is 2.35. The molecule has 1 unspecified atom stereocenters. The third-order valence-electron chi connectivity index (χ3n) is 10.3. The Morgan fingerprint density at radius 3 is 2.20 bits per heavy atom. The van der Waals surface area contributed by atoms with Gasteiger partial charge in [0.1, 0.15) is 12.1 Å². The second kappa shape index (κ2) is 14.2. The summed E-state index contributed by atoms with van der Waals surface area (Å²) in [5, 5.41) is 18.5. The Morgan fingerprint density at radius 2 is 1.59 bits per heavy atom. The van der Waals surface area contributed by atoms with Crippen molar-refractivity contribution in [2.75, 3.05) is 30.3 Å². The van der Waals surface area contributed by atoms with Crippen LogP contribution in [-0.2, 0) is 22.7 Å². The fraction of sp³-hybridized carbons (Fsp3) is 0.368. The van der Waals surface area contributed by atoms with E-state index in [1.54, 1.807) is 24.3 Å². The Kier molecular flexibility index (Phi) is 9.50. The summed E-state index contributed by atoms with van der Waals surface area (Å²) in [5.41, 5.74) is 5.51. The number of hydrogen-bond donors (Lipinski definition) is 3. The van der Waals surface area contributed by atoms with E-state index in [1.165, 1.54) is 0 Å². The number of nitrogens with one attached hydrogen (secondary N) is 3. The zero-order valence-electron chi connectivity index (χ0n) is 28.2. The number of hydrogen-bond acceptors (Lipinski definition) is 9. The van der Waals surface area contributed by atoms with Gasteiger partial charge in [0.05, 0.1) is 21.7 Å². The van der Waals surface area contributed by atoms with Crippen molar-refractivity contribution in [2.45, 2.75) is 70.2 Å². The van der Waals surface area contributed by atoms with Crippen molar-refractivity contribution in [3.8, 4) is 6.07 Å². The summed E-state index contributed by atoms with van der Waals surface area (Å²) in [5.74, 6) is -1.98. The van der Waals surface area contributed by atoms with Crippen molar-refractivity contribution in [3.63, 3.8) is 0 Å². The van der Waals surface area contributed by atoms with Crippen molar-refractivity contribution in [1.82, 2.24) is 20.0 Å². The monoisotopic (exact) mass is 707 g/mol. The minimum absolute atomic E-state index is 0.0117. The largest absolute Gasteiger partial charge is 0.385 e. The van der Waals surface area contributed by atoms with Gasteiger partial charge in [-0.1, -0.05) is 11.6 Å². The summed E-state index contributed by atoms with van der Waals surface area (Å²) < 4.78 is 0. The molecule has 3 aromatic rings. The molecular formula is C38H38ClN7O5. The number of piperidine rings is 2. The van der Waals surface area contributed by atoms with E-state index < -0.39 is 29.7 Å². The lowest BCUT2D eigenvalue weighted by atomic mass is 10.0. The zero-order chi connectivity index (χ0) is 35.8. The predicted octanol–water partition coefficient (Wildman–Crippen LogP) is 4.54. The first-order valence-electron chi connectivity index (χ1n) is 17.3. The minimum atomic E-state index is -0.977. The quantitative estimate of drug-likeness (QED) is 0.272. The van der Waals surface area contributed by atoms with Crippen LogP contribution in [0.1, 0.15) is 86.8 Å². The van der Waals surface area contributed by atoms with E-state index in [0.29, 0.717) is 53.5 Å². The average molecular weight is 708 g/mol. The highest BCUT2D eigenvalue weighted by molar-refractivity contribution is 6.32. The predicted molar refractivity (Wildman–Crippen MR) is 190 cm³/mol. The molecule has 0 aliphatic carbocycles. The molecule has 4 heterocycles. The molecule has 3 aromatic carbocycles. The van der Waals surface area contributed by atoms with Gasteiger partial charge in [0.15, 0.2) is 0 Å². The van der Waals surface area contributed by atoms with Crippen LogP contribution in [0.3, 0.4) is 0 Å². The molecule has 4 aliphatic rings. The number of anilines is 2. The Hall–Kier alpha value is -5.25. The number of nitrogens with zero attached hydrogens (tertiary/aromatic N) is 4. The van der Waals surface area contributed by atoms with E-state index in [9.17, 15) is 24.0 Å². The van der Waals surface area contributed by atoms with Crippen LogP contribution in [0.25, 0.3) is 0 Å². The molecule has 0 spiro atoms. The second-order valence-electron chi connectivity index (χ2n) is 13.7. The van der Waals surface area contributed by atoms with Gasteiger partial charge < -0.3 is 15.5 Å². The number of fused-ring (bicyclic) bond motifs is 2. The summed E-state index contributed by atoms with van der Waals surface area (Å²) >= 11 is 6.14. The van der Waals surface area contributed by atoms with Crippen LogP contribution in [0.2, 0.25) is 5.02 Å². The summed E-state index contributed by atoms with van der Waals surface area (Å²) in [4.78, 5) is 69.2. The second-order valence-corrected chi connectivity index (χ2v) is 14.1. The van der Waals surface area contributed by atoms with Gasteiger partial charge in [-0.2, -0.15) is 5.26 Å². The van der Waals surface area contributed by atoms with Crippen LogP contribution in [-0.4, -0.2) is 82.0 Å². The molecule has 51 heavy (non-hydrogen) atoms. The maximum Gasteiger partial charge on any atom is 0.262 e. The van der Waals surface area contributed by atoms with Crippen LogP contribution < -0.4 is 16.0 Å². The van der Waals surface area contributed by atoms with Crippen LogP contribution >= 0.6 is 11.6 Å². The summed E-state index contributed by atoms with van der Waals surface area (Å²) in [6.07, 6.45) is 2.70. The zero-order valence-corrected chi connectivity index (χ0v) is 29.0. The van der Waals surface area contributed by atoms with Gasteiger partial charge in [0, 0.05) is 68.2 Å². The van der Waals surface area contributed by atoms with E-state index in [0.717, 1.165) is 53.2 Å². The molecule has 0 aromatic heterocycles. The molecule has 5 amide bonds. The maximum absolute atomic E-state index is 13.4. The molecule has 0 radical (unpaired) electrons. The number of benzene rings is 3. The third kappa shape index (κ3) is 6.92. The number of amides is 5. The van der Waals surface area contributed by atoms with Crippen molar-refractivity contribution in [2.24, 2.45) is 0 Å². The van der Waals surface area contributed by atoms with Gasteiger partial charge >= 0.3 is 0 Å². The Morgan fingerprint density at radius 1 is 0.941 bits per heavy atom. The van der Waals surface area contributed by atoms with Crippen molar-refractivity contribution < 1.29 is 24.0 Å². The summed E-state index contributed by atoms with van der Waals surface area (Å²) in [7, 11) is 0. The number of halogens is 1. The Bertz CT molecular complexity index is 1920. The van der Waals surface area contributed by atoms with E-state index in [2.05, 4.69) is 33.8 Å². The molecule has 7 rings (SSSR count). The molecule has 12 nitrogen and oxygen atoms in total. The van der Waals surface area contributed by atoms with Gasteiger partial charge in [-0.3, -0.25) is 39.1 Å². The van der Waals surface area contributed by atoms with E-state index in [1.807, 2.05) is 35.2 Å². The number of imide groups is 2. The Balaban J connectivity index is 0.874. The number of rotatable bonds is 9. The lowest BCUT2D eigenvalue weighted by Gasteiger charge is -2.36. The highest BCUT2D eigenvalue weighted by Gasteiger charge is 2.45. The number of nitriles is 1. The standard InChI is InChI=1S/C38H38ClN7O5/c1-22(42-28-7-4-24(19-40)32(39)18-28)10-13-41-27-5-2-23(3-6-27)36(49)44-14-11-29(12-15-44)45-20-25-16-30-31(17-26(25)21-45)38(51)46(37(30)50)33-8-9-34(47)43-35(33)48/h2-7,16-18,22,29,33,41-42H,8-15,20-21H2,1H3,(H,43,47,48)/t22-,33?/m0/s1. The first kappa shape index (κ1) is 34.2. The average Bonchev–Trinajstić information content (AvgIpc) is 3.65. The van der Waals surface area contributed by atoms with Gasteiger partial charge in [-0.25, -0.2) is 0 Å². The first-order valence-corrected chi connectivity index (χ1v) is 17.7. The molecule has 0 saturated carbocycles. The molecule has 3 N–H and O–H groups in total. The molecule has 262 valence electrons. The van der Waals surface area contributed by atoms with E-state index >= 15 is 0 Å². The first-order chi connectivity index (χ1) is 24.6. The fourth-order valence-electron chi connectivity index (χ4n) is 7.49. The molecule has 2 atom stereocenters. The van der Waals surface area contributed by atoms with Crippen molar-refractivity contribution in [3.05, 3.63) is 93.0 Å². The van der Waals surface area contributed by atoms with E-state index in [4.69, 9.17) is 16.9 Å².